The van der Waals surface area contributed by atoms with Crippen molar-refractivity contribution in [3.63, 3.8) is 0 Å². The van der Waals surface area contributed by atoms with Gasteiger partial charge in [0.15, 0.2) is 5.76 Å². The number of ether oxygens (including phenoxy) is 1. The maximum Gasteiger partial charge on any atom is 0.286 e. The van der Waals surface area contributed by atoms with E-state index in [0.717, 1.165) is 68.8 Å². The maximum atomic E-state index is 11.9. The highest BCUT2D eigenvalue weighted by Gasteiger charge is 2.11. The van der Waals surface area contributed by atoms with Gasteiger partial charge in [-0.15, -0.1) is 0 Å². The minimum atomic E-state index is -0.154. The van der Waals surface area contributed by atoms with E-state index in [0.29, 0.717) is 12.3 Å². The Balaban J connectivity index is 1.22. The van der Waals surface area contributed by atoms with Crippen molar-refractivity contribution in [2.45, 2.75) is 52.0 Å². The summed E-state index contributed by atoms with van der Waals surface area (Å²) in [5.41, 5.74) is 3.47. The largest absolute Gasteiger partial charge is 0.494 e. The van der Waals surface area contributed by atoms with Crippen molar-refractivity contribution >= 4 is 16.9 Å². The number of aryl methyl sites for hydroxylation is 3. The summed E-state index contributed by atoms with van der Waals surface area (Å²) in [6.45, 7) is 4.38. The molecule has 0 saturated carbocycles. The fraction of sp³-hybridized carbons (Fsp3) is 0.357. The fourth-order valence-electron chi connectivity index (χ4n) is 4.11. The van der Waals surface area contributed by atoms with Crippen LogP contribution in [0.4, 0.5) is 0 Å². The first-order valence-corrected chi connectivity index (χ1v) is 12.2. The lowest BCUT2D eigenvalue weighted by Crippen LogP contribution is -2.23. The highest BCUT2D eigenvalue weighted by molar-refractivity contribution is 5.91. The highest BCUT2D eigenvalue weighted by Crippen LogP contribution is 2.19. The minimum absolute atomic E-state index is 0.154. The van der Waals surface area contributed by atoms with Crippen molar-refractivity contribution in [3.05, 3.63) is 84.1 Å². The average Bonchev–Trinajstić information content (AvgIpc) is 3.50. The Morgan fingerprint density at radius 3 is 2.76 bits per heavy atom. The molecule has 0 aliphatic rings. The number of aromatic nitrogens is 2. The third kappa shape index (κ3) is 6.50. The number of nitrogens with zero attached hydrogens (tertiary/aromatic N) is 2. The number of unbranched alkanes of at least 4 members (excludes halogenated alkanes) is 3. The predicted molar refractivity (Wildman–Crippen MR) is 134 cm³/mol. The van der Waals surface area contributed by atoms with Gasteiger partial charge in [-0.05, 0) is 74.6 Å². The molecule has 178 valence electrons. The number of amides is 1. The second kappa shape index (κ2) is 12.1. The monoisotopic (exact) mass is 459 g/mol. The first-order valence-electron chi connectivity index (χ1n) is 12.2. The molecule has 0 saturated heterocycles. The maximum absolute atomic E-state index is 11.9. The summed E-state index contributed by atoms with van der Waals surface area (Å²) < 4.78 is 13.4. The summed E-state index contributed by atoms with van der Waals surface area (Å²) in [4.78, 5) is 16.8. The lowest BCUT2D eigenvalue weighted by Gasteiger charge is -2.11. The molecule has 0 spiro atoms. The van der Waals surface area contributed by atoms with Crippen LogP contribution in [-0.2, 0) is 13.0 Å². The molecule has 6 heteroatoms. The zero-order chi connectivity index (χ0) is 23.6. The van der Waals surface area contributed by atoms with Crippen LogP contribution >= 0.6 is 0 Å². The number of benzene rings is 2. The molecule has 2 aromatic carbocycles. The van der Waals surface area contributed by atoms with E-state index in [1.807, 2.05) is 18.2 Å². The van der Waals surface area contributed by atoms with Crippen LogP contribution < -0.4 is 10.1 Å². The van der Waals surface area contributed by atoms with Crippen LogP contribution in [0.3, 0.4) is 0 Å². The van der Waals surface area contributed by atoms with Crippen LogP contribution in [0.2, 0.25) is 0 Å². The number of nitrogens with one attached hydrogen (secondary N) is 1. The first kappa shape index (κ1) is 23.6. The molecule has 4 rings (SSSR count). The fourth-order valence-corrected chi connectivity index (χ4v) is 4.11. The molecular formula is C28H33N3O3. The van der Waals surface area contributed by atoms with E-state index in [1.54, 1.807) is 12.1 Å². The van der Waals surface area contributed by atoms with Crippen LogP contribution in [0.5, 0.6) is 5.75 Å². The zero-order valence-electron chi connectivity index (χ0n) is 19.8. The van der Waals surface area contributed by atoms with Gasteiger partial charge in [0, 0.05) is 19.5 Å². The Morgan fingerprint density at radius 2 is 1.91 bits per heavy atom. The van der Waals surface area contributed by atoms with Gasteiger partial charge in [0.05, 0.1) is 23.9 Å². The summed E-state index contributed by atoms with van der Waals surface area (Å²) in [7, 11) is 0. The summed E-state index contributed by atoms with van der Waals surface area (Å²) in [6.07, 6.45) is 7.48. The molecule has 4 aromatic rings. The molecule has 0 radical (unpaired) electrons. The van der Waals surface area contributed by atoms with E-state index >= 15 is 0 Å². The Morgan fingerprint density at radius 1 is 1.00 bits per heavy atom. The van der Waals surface area contributed by atoms with E-state index in [-0.39, 0.29) is 5.91 Å². The van der Waals surface area contributed by atoms with Gasteiger partial charge in [-0.25, -0.2) is 4.98 Å². The third-order valence-corrected chi connectivity index (χ3v) is 5.88. The summed E-state index contributed by atoms with van der Waals surface area (Å²) in [5.74, 6) is 2.28. The topological polar surface area (TPSA) is 69.3 Å². The smallest absolute Gasteiger partial charge is 0.286 e. The average molecular weight is 460 g/mol. The number of carbonyl (C=O) groups is 1. The lowest BCUT2D eigenvalue weighted by molar-refractivity contribution is 0.0925. The van der Waals surface area contributed by atoms with Crippen LogP contribution in [0, 0.1) is 6.92 Å². The molecule has 0 unspecified atom stereocenters. The second-order valence-corrected chi connectivity index (χ2v) is 8.58. The molecule has 2 heterocycles. The number of para-hydroxylation sites is 2. The summed E-state index contributed by atoms with van der Waals surface area (Å²) in [6, 6.07) is 19.9. The van der Waals surface area contributed by atoms with E-state index in [1.165, 1.54) is 17.3 Å². The third-order valence-electron chi connectivity index (χ3n) is 5.88. The van der Waals surface area contributed by atoms with Crippen molar-refractivity contribution in [1.29, 1.82) is 0 Å². The van der Waals surface area contributed by atoms with Gasteiger partial charge < -0.3 is 19.0 Å². The molecular weight excluding hydrogens is 426 g/mol. The number of carbonyl (C=O) groups excluding carboxylic acids is 1. The lowest BCUT2D eigenvalue weighted by atomic mass is 10.2. The standard InChI is InChI=1S/C28H33N3O3/c1-22-11-9-12-23(21-22)33-19-8-7-18-31-25-14-5-4-13-24(25)30-27(31)16-3-2-6-17-29-28(32)26-15-10-20-34-26/h4-5,9-15,20-21H,2-3,6-8,16-19H2,1H3,(H,29,32). The number of fused-ring (bicyclic) bond motifs is 1. The molecule has 0 bridgehead atoms. The van der Waals surface area contributed by atoms with Gasteiger partial charge >= 0.3 is 0 Å². The zero-order valence-corrected chi connectivity index (χ0v) is 19.8. The predicted octanol–water partition coefficient (Wildman–Crippen LogP) is 5.94. The van der Waals surface area contributed by atoms with Crippen LogP contribution in [0.25, 0.3) is 11.0 Å². The molecule has 34 heavy (non-hydrogen) atoms. The molecule has 0 fully saturated rings. The minimum Gasteiger partial charge on any atom is -0.494 e. The van der Waals surface area contributed by atoms with Gasteiger partial charge in [-0.2, -0.15) is 0 Å². The van der Waals surface area contributed by atoms with E-state index in [2.05, 4.69) is 47.1 Å². The number of furan rings is 1. The Bertz CT molecular complexity index is 1180. The molecule has 2 aromatic heterocycles. The molecule has 6 nitrogen and oxygen atoms in total. The molecule has 1 N–H and O–H groups in total. The summed E-state index contributed by atoms with van der Waals surface area (Å²) >= 11 is 0. The summed E-state index contributed by atoms with van der Waals surface area (Å²) in [5, 5.41) is 2.91. The van der Waals surface area contributed by atoms with E-state index in [4.69, 9.17) is 14.1 Å². The normalized spacial score (nSPS) is 11.1. The van der Waals surface area contributed by atoms with Crippen molar-refractivity contribution < 1.29 is 13.9 Å². The van der Waals surface area contributed by atoms with Crippen molar-refractivity contribution in [2.24, 2.45) is 0 Å². The Labute approximate surface area is 200 Å². The van der Waals surface area contributed by atoms with Gasteiger partial charge in [0.2, 0.25) is 0 Å². The van der Waals surface area contributed by atoms with Crippen LogP contribution in [0.1, 0.15) is 54.0 Å². The highest BCUT2D eigenvalue weighted by atomic mass is 16.5. The molecule has 0 aliphatic heterocycles. The Hall–Kier alpha value is -3.54. The molecule has 1 amide bonds. The Kier molecular flexibility index (Phi) is 8.38. The van der Waals surface area contributed by atoms with E-state index < -0.39 is 0 Å². The van der Waals surface area contributed by atoms with Crippen molar-refractivity contribution in [2.75, 3.05) is 13.2 Å². The van der Waals surface area contributed by atoms with Gasteiger partial charge in [-0.3, -0.25) is 4.79 Å². The number of hydrogen-bond acceptors (Lipinski definition) is 4. The van der Waals surface area contributed by atoms with Gasteiger partial charge in [0.1, 0.15) is 11.6 Å². The SMILES string of the molecule is Cc1cccc(OCCCCn2c(CCCCCNC(=O)c3ccco3)nc3ccccc32)c1. The van der Waals surface area contributed by atoms with Crippen LogP contribution in [-0.4, -0.2) is 28.6 Å². The van der Waals surface area contributed by atoms with Crippen LogP contribution in [0.15, 0.2) is 71.3 Å². The van der Waals surface area contributed by atoms with Gasteiger partial charge in [0.25, 0.3) is 5.91 Å². The molecule has 0 aliphatic carbocycles. The second-order valence-electron chi connectivity index (χ2n) is 8.58. The van der Waals surface area contributed by atoms with Gasteiger partial charge in [-0.1, -0.05) is 30.7 Å². The number of hydrogen-bond donors (Lipinski definition) is 1. The van der Waals surface area contributed by atoms with Crippen molar-refractivity contribution in [3.8, 4) is 5.75 Å². The van der Waals surface area contributed by atoms with E-state index in [9.17, 15) is 4.79 Å². The number of rotatable bonds is 13. The number of imidazole rings is 1. The van der Waals surface area contributed by atoms with Crippen molar-refractivity contribution in [1.82, 2.24) is 14.9 Å². The first-order chi connectivity index (χ1) is 16.7. The quantitative estimate of drug-likeness (QED) is 0.251. The molecule has 0 atom stereocenters.